The summed E-state index contributed by atoms with van der Waals surface area (Å²) in [6.45, 7) is 7.13. The number of benzene rings is 2. The fraction of sp³-hybridized carbons (Fsp3) is 0.286. The van der Waals surface area contributed by atoms with Gasteiger partial charge in [-0.05, 0) is 67.5 Å². The molecule has 1 fully saturated rings. The molecule has 0 bridgehead atoms. The van der Waals surface area contributed by atoms with E-state index in [2.05, 4.69) is 24.4 Å². The van der Waals surface area contributed by atoms with Crippen molar-refractivity contribution in [2.75, 3.05) is 0 Å². The van der Waals surface area contributed by atoms with E-state index in [1.54, 1.807) is 6.07 Å². The summed E-state index contributed by atoms with van der Waals surface area (Å²) >= 11 is 0. The minimum Gasteiger partial charge on any atom is -0.261 e. The van der Waals surface area contributed by atoms with Crippen molar-refractivity contribution < 1.29 is 8.78 Å². The third-order valence-corrected chi connectivity index (χ3v) is 5.03. The van der Waals surface area contributed by atoms with Crippen LogP contribution in [0.4, 0.5) is 14.5 Å². The normalized spacial score (nSPS) is 20.6. The highest BCUT2D eigenvalue weighted by Gasteiger charge is 2.21. The lowest BCUT2D eigenvalue weighted by Crippen LogP contribution is -2.11. The smallest absolute Gasteiger partial charge is 0.184 e. The molecule has 0 N–H and O–H groups in total. The first-order chi connectivity index (χ1) is 11.6. The van der Waals surface area contributed by atoms with Crippen molar-refractivity contribution in [2.45, 2.75) is 31.6 Å². The molecule has 1 saturated carbocycles. The van der Waals surface area contributed by atoms with Crippen molar-refractivity contribution in [3.05, 3.63) is 66.3 Å². The standard InChI is InChI=1S/C21H21F2N/c1-3-14-4-6-15(7-5-14)16-8-10-17(11-9-16)18-12-13-19(24-2)21(23)20(18)22/h3,8-15H,1-2,4-7H2. The van der Waals surface area contributed by atoms with Crippen molar-refractivity contribution in [1.82, 2.24) is 0 Å². The van der Waals surface area contributed by atoms with Crippen molar-refractivity contribution in [2.24, 2.45) is 10.9 Å². The molecule has 0 aliphatic heterocycles. The Morgan fingerprint density at radius 3 is 2.17 bits per heavy atom. The summed E-state index contributed by atoms with van der Waals surface area (Å²) < 4.78 is 28.1. The number of halogens is 2. The zero-order chi connectivity index (χ0) is 17.1. The summed E-state index contributed by atoms with van der Waals surface area (Å²) in [4.78, 5) is 3.48. The Kier molecular flexibility index (Phi) is 4.89. The molecule has 0 radical (unpaired) electrons. The molecule has 2 aromatic carbocycles. The Labute approximate surface area is 141 Å². The first kappa shape index (κ1) is 16.6. The van der Waals surface area contributed by atoms with Gasteiger partial charge in [-0.15, -0.1) is 6.58 Å². The van der Waals surface area contributed by atoms with Gasteiger partial charge in [-0.25, -0.2) is 8.78 Å². The van der Waals surface area contributed by atoms with E-state index >= 15 is 0 Å². The molecule has 1 aliphatic rings. The highest BCUT2D eigenvalue weighted by molar-refractivity contribution is 5.67. The van der Waals surface area contributed by atoms with Crippen LogP contribution in [0, 0.1) is 17.6 Å². The molecule has 0 atom stereocenters. The van der Waals surface area contributed by atoms with Gasteiger partial charge in [-0.2, -0.15) is 0 Å². The molecule has 3 heteroatoms. The Morgan fingerprint density at radius 2 is 1.58 bits per heavy atom. The van der Waals surface area contributed by atoms with Crippen LogP contribution in [0.1, 0.15) is 37.2 Å². The largest absolute Gasteiger partial charge is 0.261 e. The number of rotatable bonds is 4. The second-order valence-corrected chi connectivity index (χ2v) is 6.39. The second kappa shape index (κ2) is 7.08. The van der Waals surface area contributed by atoms with Crippen LogP contribution in [-0.2, 0) is 0 Å². The van der Waals surface area contributed by atoms with E-state index in [0.717, 1.165) is 12.8 Å². The summed E-state index contributed by atoms with van der Waals surface area (Å²) in [7, 11) is 0. The molecule has 0 spiro atoms. The molecule has 1 aliphatic carbocycles. The average molecular weight is 325 g/mol. The first-order valence-corrected chi connectivity index (χ1v) is 8.31. The van der Waals surface area contributed by atoms with Gasteiger partial charge in [-0.3, -0.25) is 4.99 Å². The molecule has 0 aromatic heterocycles. The number of allylic oxidation sites excluding steroid dienone is 1. The Hall–Kier alpha value is -2.29. The molecule has 0 unspecified atom stereocenters. The van der Waals surface area contributed by atoms with Gasteiger partial charge in [0.2, 0.25) is 0 Å². The average Bonchev–Trinajstić information content (AvgIpc) is 2.64. The lowest BCUT2D eigenvalue weighted by atomic mass is 9.78. The van der Waals surface area contributed by atoms with Crippen molar-refractivity contribution in [3.63, 3.8) is 0 Å². The van der Waals surface area contributed by atoms with Gasteiger partial charge < -0.3 is 0 Å². The van der Waals surface area contributed by atoms with Crippen LogP contribution in [0.25, 0.3) is 11.1 Å². The third-order valence-electron chi connectivity index (χ3n) is 5.03. The first-order valence-electron chi connectivity index (χ1n) is 8.31. The molecule has 24 heavy (non-hydrogen) atoms. The maximum Gasteiger partial charge on any atom is 0.184 e. The molecule has 0 saturated heterocycles. The number of hydrogen-bond donors (Lipinski definition) is 0. The van der Waals surface area contributed by atoms with E-state index in [4.69, 9.17) is 0 Å². The highest BCUT2D eigenvalue weighted by atomic mass is 19.2. The van der Waals surface area contributed by atoms with Gasteiger partial charge >= 0.3 is 0 Å². The van der Waals surface area contributed by atoms with Gasteiger partial charge in [-0.1, -0.05) is 30.3 Å². The second-order valence-electron chi connectivity index (χ2n) is 6.39. The van der Waals surface area contributed by atoms with Crippen molar-refractivity contribution in [1.29, 1.82) is 0 Å². The van der Waals surface area contributed by atoms with E-state index in [1.807, 2.05) is 24.3 Å². The van der Waals surface area contributed by atoms with Crippen LogP contribution in [0.5, 0.6) is 0 Å². The van der Waals surface area contributed by atoms with Crippen LogP contribution < -0.4 is 0 Å². The molecule has 124 valence electrons. The summed E-state index contributed by atoms with van der Waals surface area (Å²) in [6.07, 6.45) is 6.70. The van der Waals surface area contributed by atoms with Gasteiger partial charge in [0.25, 0.3) is 0 Å². The van der Waals surface area contributed by atoms with Gasteiger partial charge in [0, 0.05) is 5.56 Å². The van der Waals surface area contributed by atoms with Crippen LogP contribution in [0.15, 0.2) is 54.0 Å². The van der Waals surface area contributed by atoms with Crippen LogP contribution in [-0.4, -0.2) is 6.72 Å². The lowest BCUT2D eigenvalue weighted by molar-refractivity contribution is 0.376. The monoisotopic (exact) mass is 325 g/mol. The zero-order valence-electron chi connectivity index (χ0n) is 13.6. The van der Waals surface area contributed by atoms with E-state index in [0.29, 0.717) is 17.4 Å². The summed E-state index contributed by atoms with van der Waals surface area (Å²) in [6, 6.07) is 10.8. The van der Waals surface area contributed by atoms with Gasteiger partial charge in [0.05, 0.1) is 0 Å². The van der Waals surface area contributed by atoms with E-state index in [9.17, 15) is 8.78 Å². The molecule has 2 aromatic rings. The van der Waals surface area contributed by atoms with E-state index in [1.165, 1.54) is 24.5 Å². The third kappa shape index (κ3) is 3.16. The predicted octanol–water partition coefficient (Wildman–Crippen LogP) is 6.42. The Balaban J connectivity index is 1.81. The quantitative estimate of drug-likeness (QED) is 0.454. The van der Waals surface area contributed by atoms with Crippen molar-refractivity contribution >= 4 is 12.4 Å². The SMILES string of the molecule is C=CC1CCC(c2ccc(-c3ccc(N=C)c(F)c3F)cc2)CC1. The number of nitrogens with zero attached hydrogens (tertiary/aromatic N) is 1. The minimum atomic E-state index is -0.950. The van der Waals surface area contributed by atoms with Gasteiger partial charge in [0.1, 0.15) is 5.69 Å². The maximum atomic E-state index is 14.2. The predicted molar refractivity (Wildman–Crippen MR) is 95.9 cm³/mol. The topological polar surface area (TPSA) is 12.4 Å². The number of hydrogen-bond acceptors (Lipinski definition) is 1. The van der Waals surface area contributed by atoms with Crippen LogP contribution in [0.3, 0.4) is 0 Å². The molecule has 0 amide bonds. The molecule has 0 heterocycles. The molecular formula is C21H21F2N. The van der Waals surface area contributed by atoms with E-state index < -0.39 is 11.6 Å². The van der Waals surface area contributed by atoms with Crippen molar-refractivity contribution in [3.8, 4) is 11.1 Å². The van der Waals surface area contributed by atoms with Crippen LogP contribution >= 0.6 is 0 Å². The van der Waals surface area contributed by atoms with Crippen LogP contribution in [0.2, 0.25) is 0 Å². The fourth-order valence-electron chi connectivity index (χ4n) is 3.51. The summed E-state index contributed by atoms with van der Waals surface area (Å²) in [5.74, 6) is -0.646. The maximum absolute atomic E-state index is 14.2. The fourth-order valence-corrected chi connectivity index (χ4v) is 3.51. The Bertz CT molecular complexity index is 741. The van der Waals surface area contributed by atoms with Gasteiger partial charge in [0.15, 0.2) is 11.6 Å². The molecular weight excluding hydrogens is 304 g/mol. The lowest BCUT2D eigenvalue weighted by Gasteiger charge is -2.27. The minimum absolute atomic E-state index is 0.0631. The highest BCUT2D eigenvalue weighted by Crippen LogP contribution is 2.37. The summed E-state index contributed by atoms with van der Waals surface area (Å²) in [5.41, 5.74) is 2.13. The Morgan fingerprint density at radius 1 is 0.917 bits per heavy atom. The molecule has 1 nitrogen and oxygen atoms in total. The number of aliphatic imine (C=N–C) groups is 1. The van der Waals surface area contributed by atoms with E-state index in [-0.39, 0.29) is 11.3 Å². The molecule has 3 rings (SSSR count). The zero-order valence-corrected chi connectivity index (χ0v) is 13.6. The summed E-state index contributed by atoms with van der Waals surface area (Å²) in [5, 5.41) is 0.